The van der Waals surface area contributed by atoms with Crippen molar-refractivity contribution in [3.8, 4) is 0 Å². The summed E-state index contributed by atoms with van der Waals surface area (Å²) >= 11 is 0. The van der Waals surface area contributed by atoms with Crippen LogP contribution in [-0.4, -0.2) is 5.78 Å². The first-order valence-corrected chi connectivity index (χ1v) is 6.39. The molecule has 0 spiro atoms. The van der Waals surface area contributed by atoms with E-state index in [-0.39, 0.29) is 16.9 Å². The van der Waals surface area contributed by atoms with Crippen molar-refractivity contribution in [2.75, 3.05) is 5.32 Å². The van der Waals surface area contributed by atoms with E-state index in [1.54, 1.807) is 18.2 Å². The first kappa shape index (κ1) is 15.1. The van der Waals surface area contributed by atoms with Crippen molar-refractivity contribution in [1.29, 1.82) is 0 Å². The molecule has 21 heavy (non-hydrogen) atoms. The van der Waals surface area contributed by atoms with E-state index in [9.17, 15) is 18.0 Å². The summed E-state index contributed by atoms with van der Waals surface area (Å²) in [5, 5.41) is 2.95. The van der Waals surface area contributed by atoms with Gasteiger partial charge in [0, 0.05) is 17.8 Å². The van der Waals surface area contributed by atoms with Crippen LogP contribution in [0, 0.1) is 5.82 Å². The Labute approximate surface area is 120 Å². The SMILES string of the molecule is CC(=O)c1c(F)cccc1NCc1ccc(C(F)F)cc1. The van der Waals surface area contributed by atoms with Crippen LogP contribution in [0.25, 0.3) is 0 Å². The first-order chi connectivity index (χ1) is 9.99. The lowest BCUT2D eigenvalue weighted by molar-refractivity contribution is 0.101. The Hall–Kier alpha value is -2.30. The summed E-state index contributed by atoms with van der Waals surface area (Å²) in [6, 6.07) is 10.2. The normalized spacial score (nSPS) is 10.7. The molecule has 0 heterocycles. The van der Waals surface area contributed by atoms with Crippen LogP contribution in [0.1, 0.15) is 34.8 Å². The Balaban J connectivity index is 2.13. The van der Waals surface area contributed by atoms with Gasteiger partial charge in [-0.25, -0.2) is 13.2 Å². The fraction of sp³-hybridized carbons (Fsp3) is 0.188. The number of rotatable bonds is 5. The van der Waals surface area contributed by atoms with Crippen molar-refractivity contribution < 1.29 is 18.0 Å². The number of nitrogens with one attached hydrogen (secondary N) is 1. The molecule has 0 aliphatic heterocycles. The molecule has 1 N–H and O–H groups in total. The Morgan fingerprint density at radius 1 is 1.14 bits per heavy atom. The third kappa shape index (κ3) is 3.62. The lowest BCUT2D eigenvalue weighted by Gasteiger charge is -2.11. The van der Waals surface area contributed by atoms with Crippen LogP contribution in [0.15, 0.2) is 42.5 Å². The van der Waals surface area contributed by atoms with Crippen molar-refractivity contribution in [3.05, 3.63) is 65.0 Å². The van der Waals surface area contributed by atoms with Crippen LogP contribution in [0.5, 0.6) is 0 Å². The number of hydrogen-bond acceptors (Lipinski definition) is 2. The molecule has 0 fully saturated rings. The molecule has 5 heteroatoms. The molecule has 0 atom stereocenters. The average Bonchev–Trinajstić information content (AvgIpc) is 2.45. The quantitative estimate of drug-likeness (QED) is 0.818. The number of ketones is 1. The highest BCUT2D eigenvalue weighted by molar-refractivity contribution is 5.99. The molecule has 0 aromatic heterocycles. The van der Waals surface area contributed by atoms with Crippen LogP contribution in [-0.2, 0) is 6.54 Å². The molecule has 2 aromatic carbocycles. The van der Waals surface area contributed by atoms with E-state index in [0.29, 0.717) is 12.2 Å². The molecule has 2 nitrogen and oxygen atoms in total. The Bertz CT molecular complexity index is 638. The van der Waals surface area contributed by atoms with Gasteiger partial charge in [0.2, 0.25) is 0 Å². The second-order valence-corrected chi connectivity index (χ2v) is 4.61. The van der Waals surface area contributed by atoms with Crippen LogP contribution in [0.4, 0.5) is 18.9 Å². The fourth-order valence-electron chi connectivity index (χ4n) is 2.01. The van der Waals surface area contributed by atoms with Gasteiger partial charge in [-0.3, -0.25) is 4.79 Å². The summed E-state index contributed by atoms with van der Waals surface area (Å²) in [6.45, 7) is 1.61. The molecule has 2 aromatic rings. The number of halogens is 3. The molecule has 110 valence electrons. The van der Waals surface area contributed by atoms with Crippen LogP contribution >= 0.6 is 0 Å². The van der Waals surface area contributed by atoms with Crippen molar-refractivity contribution in [3.63, 3.8) is 0 Å². The summed E-state index contributed by atoms with van der Waals surface area (Å²) in [6.07, 6.45) is -2.50. The molecule has 2 rings (SSSR count). The Morgan fingerprint density at radius 2 is 1.81 bits per heavy atom. The monoisotopic (exact) mass is 293 g/mol. The van der Waals surface area contributed by atoms with Gasteiger partial charge in [0.05, 0.1) is 5.56 Å². The fourth-order valence-corrected chi connectivity index (χ4v) is 2.01. The van der Waals surface area contributed by atoms with Gasteiger partial charge in [-0.2, -0.15) is 0 Å². The smallest absolute Gasteiger partial charge is 0.263 e. The highest BCUT2D eigenvalue weighted by atomic mass is 19.3. The summed E-state index contributed by atoms with van der Waals surface area (Å²) < 4.78 is 38.5. The molecule has 0 saturated heterocycles. The second kappa shape index (κ2) is 6.43. The second-order valence-electron chi connectivity index (χ2n) is 4.61. The summed E-state index contributed by atoms with van der Waals surface area (Å²) in [5.74, 6) is -0.954. The van der Waals surface area contributed by atoms with E-state index in [4.69, 9.17) is 0 Å². The van der Waals surface area contributed by atoms with Crippen molar-refractivity contribution in [2.24, 2.45) is 0 Å². The molecule has 0 radical (unpaired) electrons. The van der Waals surface area contributed by atoms with Gasteiger partial charge in [-0.05, 0) is 24.6 Å². The maximum atomic E-state index is 13.6. The van der Waals surface area contributed by atoms with Crippen molar-refractivity contribution in [2.45, 2.75) is 19.9 Å². The number of benzene rings is 2. The molecule has 0 aliphatic carbocycles. The Morgan fingerprint density at radius 3 is 2.38 bits per heavy atom. The highest BCUT2D eigenvalue weighted by Crippen LogP contribution is 2.22. The van der Waals surface area contributed by atoms with Gasteiger partial charge >= 0.3 is 0 Å². The molecule has 0 aliphatic rings. The zero-order valence-electron chi connectivity index (χ0n) is 11.4. The van der Waals surface area contributed by atoms with Crippen molar-refractivity contribution >= 4 is 11.5 Å². The molecular weight excluding hydrogens is 279 g/mol. The van der Waals surface area contributed by atoms with Crippen molar-refractivity contribution in [1.82, 2.24) is 0 Å². The minimum absolute atomic E-state index is 0.00157. The first-order valence-electron chi connectivity index (χ1n) is 6.39. The third-order valence-corrected chi connectivity index (χ3v) is 3.08. The molecule has 0 unspecified atom stereocenters. The molecule has 0 amide bonds. The topological polar surface area (TPSA) is 29.1 Å². The third-order valence-electron chi connectivity index (χ3n) is 3.08. The number of carbonyl (C=O) groups excluding carboxylic acids is 1. The predicted molar refractivity (Wildman–Crippen MR) is 75.1 cm³/mol. The maximum Gasteiger partial charge on any atom is 0.263 e. The largest absolute Gasteiger partial charge is 0.380 e. The van der Waals surface area contributed by atoms with E-state index in [1.807, 2.05) is 0 Å². The number of anilines is 1. The molecule has 0 bridgehead atoms. The minimum atomic E-state index is -2.50. The summed E-state index contributed by atoms with van der Waals surface area (Å²) in [4.78, 5) is 11.5. The number of carbonyl (C=O) groups is 1. The average molecular weight is 293 g/mol. The van der Waals surface area contributed by atoms with Crippen LogP contribution in [0.2, 0.25) is 0 Å². The van der Waals surface area contributed by atoms with Gasteiger partial charge in [-0.1, -0.05) is 30.3 Å². The molecule has 0 saturated carbocycles. The van der Waals surface area contributed by atoms with E-state index in [2.05, 4.69) is 5.32 Å². The lowest BCUT2D eigenvalue weighted by Crippen LogP contribution is -2.07. The van der Waals surface area contributed by atoms with Crippen LogP contribution in [0.3, 0.4) is 0 Å². The maximum absolute atomic E-state index is 13.6. The van der Waals surface area contributed by atoms with Gasteiger partial charge in [0.25, 0.3) is 6.43 Å². The Kier molecular flexibility index (Phi) is 4.62. The minimum Gasteiger partial charge on any atom is -0.380 e. The zero-order valence-corrected chi connectivity index (χ0v) is 11.4. The van der Waals surface area contributed by atoms with Gasteiger partial charge in [0.1, 0.15) is 5.82 Å². The number of hydrogen-bond donors (Lipinski definition) is 1. The van der Waals surface area contributed by atoms with E-state index in [1.165, 1.54) is 31.2 Å². The standard InChI is InChI=1S/C16H14F3NO/c1-10(21)15-13(17)3-2-4-14(15)20-9-11-5-7-12(8-6-11)16(18)19/h2-8,16,20H,9H2,1H3. The predicted octanol–water partition coefficient (Wildman–Crippen LogP) is 4.58. The number of alkyl halides is 2. The van der Waals surface area contributed by atoms with E-state index < -0.39 is 12.2 Å². The van der Waals surface area contributed by atoms with Crippen LogP contribution < -0.4 is 5.32 Å². The number of Topliss-reactive ketones (excluding diaryl/α,β-unsaturated/α-hetero) is 1. The highest BCUT2D eigenvalue weighted by Gasteiger charge is 2.12. The van der Waals surface area contributed by atoms with Gasteiger partial charge in [0.15, 0.2) is 5.78 Å². The lowest BCUT2D eigenvalue weighted by atomic mass is 10.1. The van der Waals surface area contributed by atoms with E-state index >= 15 is 0 Å². The summed E-state index contributed by atoms with van der Waals surface area (Å²) in [7, 11) is 0. The summed E-state index contributed by atoms with van der Waals surface area (Å²) in [5.41, 5.74) is 1.11. The van der Waals surface area contributed by atoms with Gasteiger partial charge < -0.3 is 5.32 Å². The van der Waals surface area contributed by atoms with Gasteiger partial charge in [-0.15, -0.1) is 0 Å². The zero-order chi connectivity index (χ0) is 15.4. The van der Waals surface area contributed by atoms with E-state index in [0.717, 1.165) is 5.56 Å². The molecular formula is C16H14F3NO.